The predicted molar refractivity (Wildman–Crippen MR) is 74.7 cm³/mol. The number of ketones is 1. The highest BCUT2D eigenvalue weighted by Crippen LogP contribution is 2.42. The minimum Gasteiger partial charge on any atom is -0.474 e. The number of carbonyl (C=O) groups excluding carboxylic acids is 1. The van der Waals surface area contributed by atoms with Crippen molar-refractivity contribution in [2.75, 3.05) is 0 Å². The van der Waals surface area contributed by atoms with Crippen LogP contribution in [0.25, 0.3) is 0 Å². The van der Waals surface area contributed by atoms with E-state index in [4.69, 9.17) is 4.74 Å². The number of hydrogen-bond donors (Lipinski definition) is 0. The van der Waals surface area contributed by atoms with Gasteiger partial charge in [0.1, 0.15) is 5.75 Å². The second-order valence-corrected chi connectivity index (χ2v) is 5.28. The number of aryl methyl sites for hydroxylation is 2. The van der Waals surface area contributed by atoms with E-state index in [1.807, 2.05) is 57.2 Å². The largest absolute Gasteiger partial charge is 0.474 e. The average Bonchev–Trinajstić information content (AvgIpc) is 2.66. The number of benzene rings is 2. The molecule has 0 N–H and O–H groups in total. The van der Waals surface area contributed by atoms with Gasteiger partial charge in [-0.15, -0.1) is 0 Å². The van der Waals surface area contributed by atoms with Crippen molar-refractivity contribution in [2.45, 2.75) is 26.4 Å². The SMILES string of the molecule is Cc1ccc(C)c(C2(C)Oc3ccccc3C2=O)c1. The minimum absolute atomic E-state index is 0.0387. The maximum atomic E-state index is 12.7. The van der Waals surface area contributed by atoms with Gasteiger partial charge in [-0.3, -0.25) is 4.79 Å². The number of Topliss-reactive ketones (excluding diaryl/α,β-unsaturated/α-hetero) is 1. The highest BCUT2D eigenvalue weighted by atomic mass is 16.5. The van der Waals surface area contributed by atoms with Gasteiger partial charge < -0.3 is 4.74 Å². The Kier molecular flexibility index (Phi) is 2.49. The molecule has 0 saturated heterocycles. The van der Waals surface area contributed by atoms with Crippen molar-refractivity contribution in [1.29, 1.82) is 0 Å². The van der Waals surface area contributed by atoms with Crippen LogP contribution in [0.2, 0.25) is 0 Å². The molecule has 0 fully saturated rings. The van der Waals surface area contributed by atoms with Crippen LogP contribution in [0.3, 0.4) is 0 Å². The van der Waals surface area contributed by atoms with Gasteiger partial charge in [-0.05, 0) is 38.5 Å². The molecule has 1 aliphatic rings. The number of para-hydroxylation sites is 1. The first-order valence-electron chi connectivity index (χ1n) is 6.43. The summed E-state index contributed by atoms with van der Waals surface area (Å²) >= 11 is 0. The van der Waals surface area contributed by atoms with Gasteiger partial charge in [0.2, 0.25) is 5.78 Å². The molecular weight excluding hydrogens is 236 g/mol. The Morgan fingerprint density at radius 2 is 1.79 bits per heavy atom. The monoisotopic (exact) mass is 252 g/mol. The lowest BCUT2D eigenvalue weighted by Gasteiger charge is -2.25. The molecule has 1 unspecified atom stereocenters. The number of fused-ring (bicyclic) bond motifs is 1. The maximum absolute atomic E-state index is 12.7. The van der Waals surface area contributed by atoms with Crippen LogP contribution in [0.4, 0.5) is 0 Å². The number of ether oxygens (including phenoxy) is 1. The molecule has 2 heteroatoms. The summed E-state index contributed by atoms with van der Waals surface area (Å²) in [5, 5.41) is 0. The molecule has 2 aromatic carbocycles. The fourth-order valence-corrected chi connectivity index (χ4v) is 2.69. The highest BCUT2D eigenvalue weighted by Gasteiger charge is 2.45. The normalized spacial score (nSPS) is 21.1. The maximum Gasteiger partial charge on any atom is 0.214 e. The zero-order chi connectivity index (χ0) is 13.6. The van der Waals surface area contributed by atoms with Crippen LogP contribution in [0.15, 0.2) is 42.5 Å². The van der Waals surface area contributed by atoms with E-state index in [1.165, 1.54) is 0 Å². The number of rotatable bonds is 1. The average molecular weight is 252 g/mol. The predicted octanol–water partition coefficient (Wildman–Crippen LogP) is 3.79. The minimum atomic E-state index is -0.903. The Labute approximate surface area is 113 Å². The molecule has 0 aromatic heterocycles. The van der Waals surface area contributed by atoms with Crippen LogP contribution < -0.4 is 4.74 Å². The molecule has 0 radical (unpaired) electrons. The van der Waals surface area contributed by atoms with E-state index in [9.17, 15) is 4.79 Å². The Balaban J connectivity index is 2.17. The Bertz CT molecular complexity index is 673. The van der Waals surface area contributed by atoms with Crippen molar-refractivity contribution < 1.29 is 9.53 Å². The Hall–Kier alpha value is -2.09. The van der Waals surface area contributed by atoms with E-state index in [0.717, 1.165) is 16.7 Å². The molecule has 0 saturated carbocycles. The van der Waals surface area contributed by atoms with Crippen LogP contribution in [-0.2, 0) is 5.60 Å². The van der Waals surface area contributed by atoms with Gasteiger partial charge >= 0.3 is 0 Å². The van der Waals surface area contributed by atoms with Crippen molar-refractivity contribution in [2.24, 2.45) is 0 Å². The van der Waals surface area contributed by atoms with Gasteiger partial charge in [0.25, 0.3) is 0 Å². The van der Waals surface area contributed by atoms with E-state index in [1.54, 1.807) is 0 Å². The summed E-state index contributed by atoms with van der Waals surface area (Å²) in [5.41, 5.74) is 2.93. The summed E-state index contributed by atoms with van der Waals surface area (Å²) < 4.78 is 5.98. The highest BCUT2D eigenvalue weighted by molar-refractivity contribution is 6.07. The Morgan fingerprint density at radius 1 is 1.05 bits per heavy atom. The second-order valence-electron chi connectivity index (χ2n) is 5.28. The first-order valence-corrected chi connectivity index (χ1v) is 6.43. The molecule has 1 atom stereocenters. The fourth-order valence-electron chi connectivity index (χ4n) is 2.69. The van der Waals surface area contributed by atoms with Gasteiger partial charge in [-0.1, -0.05) is 35.9 Å². The second kappa shape index (κ2) is 3.95. The fraction of sp³-hybridized carbons (Fsp3) is 0.235. The van der Waals surface area contributed by atoms with Gasteiger partial charge in [-0.25, -0.2) is 0 Å². The summed E-state index contributed by atoms with van der Waals surface area (Å²) in [6, 6.07) is 13.6. The third-order valence-electron chi connectivity index (χ3n) is 3.79. The number of hydrogen-bond acceptors (Lipinski definition) is 2. The molecule has 1 aliphatic heterocycles. The summed E-state index contributed by atoms with van der Waals surface area (Å²) in [4.78, 5) is 12.7. The van der Waals surface area contributed by atoms with E-state index in [0.29, 0.717) is 11.3 Å². The molecule has 2 nitrogen and oxygen atoms in total. The summed E-state index contributed by atoms with van der Waals surface area (Å²) in [6.45, 7) is 5.90. The van der Waals surface area contributed by atoms with Crippen LogP contribution in [0.1, 0.15) is 34.0 Å². The Morgan fingerprint density at radius 3 is 2.53 bits per heavy atom. The molecule has 0 spiro atoms. The van der Waals surface area contributed by atoms with Crippen molar-refractivity contribution >= 4 is 5.78 Å². The third-order valence-corrected chi connectivity index (χ3v) is 3.79. The van der Waals surface area contributed by atoms with E-state index in [2.05, 4.69) is 6.07 Å². The summed E-state index contributed by atoms with van der Waals surface area (Å²) in [7, 11) is 0. The lowest BCUT2D eigenvalue weighted by atomic mass is 9.86. The molecule has 96 valence electrons. The van der Waals surface area contributed by atoms with Gasteiger partial charge in [-0.2, -0.15) is 0 Å². The van der Waals surface area contributed by atoms with E-state index < -0.39 is 5.60 Å². The third kappa shape index (κ3) is 1.67. The molecule has 19 heavy (non-hydrogen) atoms. The van der Waals surface area contributed by atoms with Gasteiger partial charge in [0.15, 0.2) is 5.60 Å². The zero-order valence-electron chi connectivity index (χ0n) is 11.4. The van der Waals surface area contributed by atoms with Crippen molar-refractivity contribution in [3.63, 3.8) is 0 Å². The van der Waals surface area contributed by atoms with Crippen molar-refractivity contribution in [3.8, 4) is 5.75 Å². The smallest absolute Gasteiger partial charge is 0.214 e. The summed E-state index contributed by atoms with van der Waals surface area (Å²) in [5.74, 6) is 0.715. The molecular formula is C17H16O2. The molecule has 3 rings (SSSR count). The first kappa shape index (κ1) is 12.0. The molecule has 0 aliphatic carbocycles. The quantitative estimate of drug-likeness (QED) is 0.771. The molecule has 0 bridgehead atoms. The van der Waals surface area contributed by atoms with Crippen molar-refractivity contribution in [1.82, 2.24) is 0 Å². The van der Waals surface area contributed by atoms with Gasteiger partial charge in [0.05, 0.1) is 5.56 Å². The molecule has 0 amide bonds. The van der Waals surface area contributed by atoms with Crippen LogP contribution in [-0.4, -0.2) is 5.78 Å². The standard InChI is InChI=1S/C17H16O2/c1-11-8-9-12(2)14(10-11)17(3)16(18)13-6-4-5-7-15(13)19-17/h4-10H,1-3H3. The molecule has 2 aromatic rings. The van der Waals surface area contributed by atoms with Crippen molar-refractivity contribution in [3.05, 3.63) is 64.7 Å². The van der Waals surface area contributed by atoms with E-state index in [-0.39, 0.29) is 5.78 Å². The van der Waals surface area contributed by atoms with Gasteiger partial charge in [0, 0.05) is 5.56 Å². The topological polar surface area (TPSA) is 26.3 Å². The van der Waals surface area contributed by atoms with E-state index >= 15 is 0 Å². The molecule has 1 heterocycles. The van der Waals surface area contributed by atoms with Crippen LogP contribution >= 0.6 is 0 Å². The lowest BCUT2D eigenvalue weighted by molar-refractivity contribution is 0.0617. The lowest BCUT2D eigenvalue weighted by Crippen LogP contribution is -2.34. The first-order chi connectivity index (χ1) is 9.02. The van der Waals surface area contributed by atoms with Crippen LogP contribution in [0.5, 0.6) is 5.75 Å². The van der Waals surface area contributed by atoms with Crippen LogP contribution in [0, 0.1) is 13.8 Å². The summed E-state index contributed by atoms with van der Waals surface area (Å²) in [6.07, 6.45) is 0. The zero-order valence-corrected chi connectivity index (χ0v) is 11.4. The number of carbonyl (C=O) groups is 1.